The van der Waals surface area contributed by atoms with Crippen molar-refractivity contribution in [1.82, 2.24) is 0 Å². The molecular weight excluding hydrogens is 184 g/mol. The van der Waals surface area contributed by atoms with Crippen molar-refractivity contribution in [2.75, 3.05) is 6.61 Å². The van der Waals surface area contributed by atoms with Gasteiger partial charge in [0.25, 0.3) is 0 Å². The number of carboxylic acids is 1. The number of ether oxygens (including phenoxy) is 1. The molecule has 0 fully saturated rings. The van der Waals surface area contributed by atoms with Crippen molar-refractivity contribution in [3.63, 3.8) is 0 Å². The van der Waals surface area contributed by atoms with Gasteiger partial charge in [0.05, 0.1) is 5.57 Å². The first-order valence-electron chi connectivity index (χ1n) is 4.08. The number of aromatic hydroxyl groups is 1. The fraction of sp³-hybridized carbons (Fsp3) is 0.100. The van der Waals surface area contributed by atoms with Gasteiger partial charge in [-0.05, 0) is 18.2 Å². The summed E-state index contributed by atoms with van der Waals surface area (Å²) in [7, 11) is 0. The highest BCUT2D eigenvalue weighted by Crippen LogP contribution is 2.32. The lowest BCUT2D eigenvalue weighted by molar-refractivity contribution is -0.130. The van der Waals surface area contributed by atoms with Crippen LogP contribution in [0.25, 0.3) is 5.57 Å². The number of rotatable bonds is 1. The quantitative estimate of drug-likeness (QED) is 0.702. The Labute approximate surface area is 80.1 Å². The highest BCUT2D eigenvalue weighted by Gasteiger charge is 2.19. The Kier molecular flexibility index (Phi) is 1.89. The number of benzene rings is 1. The number of fused-ring (bicyclic) bond motifs is 1. The van der Waals surface area contributed by atoms with Gasteiger partial charge < -0.3 is 14.9 Å². The van der Waals surface area contributed by atoms with Crippen LogP contribution in [0.1, 0.15) is 5.56 Å². The van der Waals surface area contributed by atoms with Gasteiger partial charge in [0.1, 0.15) is 18.1 Å². The lowest BCUT2D eigenvalue weighted by atomic mass is 10.0. The van der Waals surface area contributed by atoms with Gasteiger partial charge in [-0.3, -0.25) is 0 Å². The minimum Gasteiger partial charge on any atom is -0.508 e. The van der Waals surface area contributed by atoms with E-state index in [1.807, 2.05) is 0 Å². The number of aliphatic carboxylic acids is 1. The number of carbonyl (C=O) groups is 1. The minimum atomic E-state index is -0.986. The molecule has 2 rings (SSSR count). The van der Waals surface area contributed by atoms with E-state index in [-0.39, 0.29) is 17.9 Å². The number of hydrogen-bond acceptors (Lipinski definition) is 3. The first-order chi connectivity index (χ1) is 6.68. The van der Waals surface area contributed by atoms with E-state index in [0.29, 0.717) is 11.3 Å². The molecule has 0 saturated carbocycles. The third kappa shape index (κ3) is 1.31. The van der Waals surface area contributed by atoms with Crippen molar-refractivity contribution in [2.24, 2.45) is 0 Å². The van der Waals surface area contributed by atoms with Crippen molar-refractivity contribution < 1.29 is 19.7 Å². The Morgan fingerprint density at radius 3 is 2.93 bits per heavy atom. The van der Waals surface area contributed by atoms with E-state index in [1.165, 1.54) is 24.3 Å². The summed E-state index contributed by atoms with van der Waals surface area (Å²) in [5, 5.41) is 18.0. The molecular formula is C10H8O4. The monoisotopic (exact) mass is 192 g/mol. The Morgan fingerprint density at radius 2 is 2.21 bits per heavy atom. The van der Waals surface area contributed by atoms with Gasteiger partial charge in [0, 0.05) is 11.6 Å². The lowest BCUT2D eigenvalue weighted by Crippen LogP contribution is -2.09. The van der Waals surface area contributed by atoms with Crippen molar-refractivity contribution in [3.8, 4) is 11.5 Å². The maximum Gasteiger partial charge on any atom is 0.336 e. The molecule has 1 aromatic carbocycles. The Hall–Kier alpha value is -1.97. The van der Waals surface area contributed by atoms with Crippen LogP contribution in [0.3, 0.4) is 0 Å². The van der Waals surface area contributed by atoms with Gasteiger partial charge in [-0.15, -0.1) is 0 Å². The highest BCUT2D eigenvalue weighted by molar-refractivity contribution is 6.16. The second-order valence-corrected chi connectivity index (χ2v) is 2.91. The predicted molar refractivity (Wildman–Crippen MR) is 49.2 cm³/mol. The largest absolute Gasteiger partial charge is 0.508 e. The van der Waals surface area contributed by atoms with Gasteiger partial charge in [0.2, 0.25) is 0 Å². The van der Waals surface area contributed by atoms with Crippen molar-refractivity contribution in [2.45, 2.75) is 0 Å². The minimum absolute atomic E-state index is 0.0652. The summed E-state index contributed by atoms with van der Waals surface area (Å²) >= 11 is 0. The third-order valence-electron chi connectivity index (χ3n) is 2.01. The smallest absolute Gasteiger partial charge is 0.336 e. The van der Waals surface area contributed by atoms with Crippen LogP contribution in [-0.2, 0) is 4.79 Å². The molecule has 0 spiro atoms. The van der Waals surface area contributed by atoms with Gasteiger partial charge in [-0.2, -0.15) is 0 Å². The van der Waals surface area contributed by atoms with E-state index in [9.17, 15) is 4.79 Å². The highest BCUT2D eigenvalue weighted by atomic mass is 16.5. The molecule has 0 bridgehead atoms. The fourth-order valence-corrected chi connectivity index (χ4v) is 1.38. The number of phenols is 1. The molecule has 1 aromatic rings. The molecule has 2 N–H and O–H groups in total. The maximum atomic E-state index is 10.8. The predicted octanol–water partition coefficient (Wildman–Crippen LogP) is 1.25. The van der Waals surface area contributed by atoms with E-state index in [1.54, 1.807) is 0 Å². The molecule has 72 valence electrons. The second-order valence-electron chi connectivity index (χ2n) is 2.91. The summed E-state index contributed by atoms with van der Waals surface area (Å²) in [6.45, 7) is 0.220. The Bertz CT molecular complexity index is 420. The molecule has 0 atom stereocenters. The van der Waals surface area contributed by atoms with Crippen molar-refractivity contribution >= 4 is 11.5 Å². The lowest BCUT2D eigenvalue weighted by Gasteiger charge is -2.15. The molecule has 0 aromatic heterocycles. The topological polar surface area (TPSA) is 66.8 Å². The molecule has 1 aliphatic heterocycles. The second kappa shape index (κ2) is 3.06. The summed E-state index contributed by atoms with van der Waals surface area (Å²) in [5.74, 6) is -0.513. The van der Waals surface area contributed by atoms with Crippen LogP contribution >= 0.6 is 0 Å². The van der Waals surface area contributed by atoms with Crippen LogP contribution < -0.4 is 4.74 Å². The van der Waals surface area contributed by atoms with E-state index in [0.717, 1.165) is 0 Å². The maximum absolute atomic E-state index is 10.8. The molecule has 4 nitrogen and oxygen atoms in total. The van der Waals surface area contributed by atoms with E-state index in [4.69, 9.17) is 14.9 Å². The zero-order chi connectivity index (χ0) is 10.1. The standard InChI is InChI=1S/C10H8O4/c11-6-1-2-7-8(10(12)13)3-4-14-9(7)5-6/h1-3,5,11H,4H2,(H,12,13). The Morgan fingerprint density at radius 1 is 1.43 bits per heavy atom. The van der Waals surface area contributed by atoms with Gasteiger partial charge in [0.15, 0.2) is 0 Å². The molecule has 14 heavy (non-hydrogen) atoms. The van der Waals surface area contributed by atoms with Gasteiger partial charge >= 0.3 is 5.97 Å². The zero-order valence-corrected chi connectivity index (χ0v) is 7.23. The van der Waals surface area contributed by atoms with Crippen LogP contribution in [0.5, 0.6) is 11.5 Å². The number of phenolic OH excluding ortho intramolecular Hbond substituents is 1. The average molecular weight is 192 g/mol. The Balaban J connectivity index is 2.54. The van der Waals surface area contributed by atoms with Crippen LogP contribution in [0.4, 0.5) is 0 Å². The van der Waals surface area contributed by atoms with E-state index in [2.05, 4.69) is 0 Å². The molecule has 0 unspecified atom stereocenters. The van der Waals surface area contributed by atoms with Crippen LogP contribution in [0.15, 0.2) is 24.3 Å². The summed E-state index contributed by atoms with van der Waals surface area (Å²) in [4.78, 5) is 10.8. The van der Waals surface area contributed by atoms with Crippen LogP contribution in [-0.4, -0.2) is 22.8 Å². The fourth-order valence-electron chi connectivity index (χ4n) is 1.38. The van der Waals surface area contributed by atoms with Crippen LogP contribution in [0, 0.1) is 0 Å². The molecule has 0 aliphatic carbocycles. The van der Waals surface area contributed by atoms with Gasteiger partial charge in [-0.25, -0.2) is 4.79 Å². The SMILES string of the molecule is O=C(O)C1=CCOc2cc(O)ccc21. The average Bonchev–Trinajstić information content (AvgIpc) is 2.16. The third-order valence-corrected chi connectivity index (χ3v) is 2.01. The van der Waals surface area contributed by atoms with Gasteiger partial charge in [-0.1, -0.05) is 0 Å². The normalized spacial score (nSPS) is 13.9. The molecule has 0 saturated heterocycles. The van der Waals surface area contributed by atoms with Crippen molar-refractivity contribution in [3.05, 3.63) is 29.8 Å². The molecule has 1 heterocycles. The first-order valence-corrected chi connectivity index (χ1v) is 4.08. The summed E-state index contributed by atoms with van der Waals surface area (Å²) < 4.78 is 5.18. The zero-order valence-electron chi connectivity index (χ0n) is 7.23. The number of hydrogen-bond donors (Lipinski definition) is 2. The van der Waals surface area contributed by atoms with Crippen LogP contribution in [0.2, 0.25) is 0 Å². The summed E-state index contributed by atoms with van der Waals surface area (Å²) in [5.41, 5.74) is 0.716. The molecule has 0 amide bonds. The summed E-state index contributed by atoms with van der Waals surface area (Å²) in [6.07, 6.45) is 1.50. The first kappa shape index (κ1) is 8.62. The molecule has 4 heteroatoms. The number of carboxylic acid groups (broad SMARTS) is 1. The summed E-state index contributed by atoms with van der Waals surface area (Å²) in [6, 6.07) is 4.37. The molecule has 1 aliphatic rings. The van der Waals surface area contributed by atoms with E-state index < -0.39 is 5.97 Å². The molecule has 0 radical (unpaired) electrons. The van der Waals surface area contributed by atoms with Crippen molar-refractivity contribution in [1.29, 1.82) is 0 Å². The van der Waals surface area contributed by atoms with E-state index >= 15 is 0 Å².